The largest absolute Gasteiger partial charge is 0.396 e. The number of unbranched alkanes of at least 4 members (excludes halogenated alkanes) is 3. The Bertz CT molecular complexity index is 1380. The van der Waals surface area contributed by atoms with Crippen molar-refractivity contribution in [3.8, 4) is 0 Å². The second-order valence-electron chi connectivity index (χ2n) is 12.3. The van der Waals surface area contributed by atoms with Gasteiger partial charge in [0.25, 0.3) is 5.91 Å². The Morgan fingerprint density at radius 1 is 0.955 bits per heavy atom. The normalized spacial score (nSPS) is 25.2. The first-order valence-corrected chi connectivity index (χ1v) is 16.7. The number of hydrogen-bond donors (Lipinski definition) is 1. The van der Waals surface area contributed by atoms with Crippen LogP contribution in [0.3, 0.4) is 0 Å². The predicted molar refractivity (Wildman–Crippen MR) is 179 cm³/mol. The topological polar surface area (TPSA) is 81.2 Å². The molecule has 3 aliphatic rings. The number of carbonyl (C=O) groups is 3. The van der Waals surface area contributed by atoms with Gasteiger partial charge in [-0.05, 0) is 62.8 Å². The van der Waals surface area contributed by atoms with E-state index in [2.05, 4.69) is 13.2 Å². The van der Waals surface area contributed by atoms with Gasteiger partial charge in [0, 0.05) is 42.9 Å². The number of hydrogen-bond acceptors (Lipinski definition) is 5. The third-order valence-electron chi connectivity index (χ3n) is 9.56. The molecule has 2 unspecified atom stereocenters. The molecular weight excluding hydrogens is 570 g/mol. The van der Waals surface area contributed by atoms with Crippen LogP contribution in [-0.4, -0.2) is 70.0 Å². The van der Waals surface area contributed by atoms with Crippen molar-refractivity contribution in [1.82, 2.24) is 4.90 Å². The van der Waals surface area contributed by atoms with E-state index in [1.165, 1.54) is 0 Å². The Kier molecular flexibility index (Phi) is 10.0. The van der Waals surface area contributed by atoms with Gasteiger partial charge in [-0.25, -0.2) is 0 Å². The molecule has 3 heterocycles. The van der Waals surface area contributed by atoms with E-state index < -0.39 is 22.6 Å². The second-order valence-corrected chi connectivity index (χ2v) is 13.9. The number of likely N-dealkylation sites (tertiary alicyclic amines) is 1. The average molecular weight is 616 g/mol. The van der Waals surface area contributed by atoms with Gasteiger partial charge in [-0.3, -0.25) is 14.4 Å². The van der Waals surface area contributed by atoms with Gasteiger partial charge in [-0.2, -0.15) is 0 Å². The van der Waals surface area contributed by atoms with Gasteiger partial charge in [0.1, 0.15) is 6.04 Å². The fraction of sp³-hybridized carbons (Fsp3) is 0.472. The molecule has 1 spiro atoms. The van der Waals surface area contributed by atoms with E-state index in [9.17, 15) is 19.5 Å². The van der Waals surface area contributed by atoms with Crippen LogP contribution in [0.4, 0.5) is 11.4 Å². The molecule has 8 heteroatoms. The number of thioether (sulfide) groups is 1. The number of fused-ring (bicyclic) bond motifs is 1. The standard InChI is InChI=1S/C36H45N3O4S/c1-5-21-37(27-17-10-9-11-18-27)33(41)29-28-19-20-36(44-28)30(29)34(42)39(23-12-7-8-13-24-40)32(36)35(43)38(22-6-2)31-25(3)15-14-16-26(31)4/h5-6,9-11,14-18,28-30,32,40H,1-2,7-8,12-13,19-24H2,3-4H3/t28-,29+,30+,32?,36?/m1/s1. The molecule has 7 nitrogen and oxygen atoms in total. The number of para-hydroxylation sites is 2. The van der Waals surface area contributed by atoms with Gasteiger partial charge in [-0.1, -0.05) is 61.4 Å². The number of benzene rings is 2. The Hall–Kier alpha value is -3.36. The summed E-state index contributed by atoms with van der Waals surface area (Å²) in [5.41, 5.74) is 3.63. The quantitative estimate of drug-likeness (QED) is 0.218. The van der Waals surface area contributed by atoms with E-state index in [0.717, 1.165) is 61.0 Å². The van der Waals surface area contributed by atoms with Crippen LogP contribution in [0.1, 0.15) is 49.7 Å². The van der Waals surface area contributed by atoms with Crippen molar-refractivity contribution in [3.05, 3.63) is 85.0 Å². The molecule has 3 aliphatic heterocycles. The third-order valence-corrected chi connectivity index (χ3v) is 11.5. The molecule has 1 N–H and O–H groups in total. The molecule has 5 rings (SSSR count). The molecule has 2 bridgehead atoms. The van der Waals surface area contributed by atoms with Crippen LogP contribution in [0.15, 0.2) is 73.8 Å². The number of carbonyl (C=O) groups excluding carboxylic acids is 3. The van der Waals surface area contributed by atoms with E-state index in [-0.39, 0.29) is 29.6 Å². The first-order chi connectivity index (χ1) is 21.3. The van der Waals surface area contributed by atoms with Gasteiger partial charge in [0.05, 0.1) is 16.6 Å². The highest BCUT2D eigenvalue weighted by Crippen LogP contribution is 2.67. The number of nitrogens with zero attached hydrogens (tertiary/aromatic N) is 3. The van der Waals surface area contributed by atoms with Crippen LogP contribution in [0.5, 0.6) is 0 Å². The molecule has 2 aromatic carbocycles. The maximum absolute atomic E-state index is 14.9. The smallest absolute Gasteiger partial charge is 0.251 e. The fourth-order valence-electron chi connectivity index (χ4n) is 7.74. The molecule has 44 heavy (non-hydrogen) atoms. The van der Waals surface area contributed by atoms with Gasteiger partial charge in [-0.15, -0.1) is 24.9 Å². The Labute approximate surface area is 266 Å². The van der Waals surface area contributed by atoms with Crippen LogP contribution < -0.4 is 9.80 Å². The predicted octanol–water partition coefficient (Wildman–Crippen LogP) is 5.69. The molecule has 5 atom stereocenters. The van der Waals surface area contributed by atoms with Crippen molar-refractivity contribution >= 4 is 40.9 Å². The number of aryl methyl sites for hydroxylation is 2. The number of aliphatic hydroxyl groups is 1. The molecule has 0 radical (unpaired) electrons. The maximum Gasteiger partial charge on any atom is 0.251 e. The van der Waals surface area contributed by atoms with Crippen molar-refractivity contribution in [2.75, 3.05) is 36.0 Å². The number of aliphatic hydroxyl groups excluding tert-OH is 1. The summed E-state index contributed by atoms with van der Waals surface area (Å²) in [6, 6.07) is 14.9. The zero-order valence-corrected chi connectivity index (χ0v) is 26.8. The Morgan fingerprint density at radius 3 is 2.27 bits per heavy atom. The van der Waals surface area contributed by atoms with E-state index in [1.807, 2.05) is 72.2 Å². The number of anilines is 2. The van der Waals surface area contributed by atoms with Gasteiger partial charge in [0.15, 0.2) is 0 Å². The molecule has 0 saturated carbocycles. The lowest BCUT2D eigenvalue weighted by Gasteiger charge is -2.38. The van der Waals surface area contributed by atoms with Crippen LogP contribution in [0.25, 0.3) is 0 Å². The van der Waals surface area contributed by atoms with Gasteiger partial charge >= 0.3 is 0 Å². The van der Waals surface area contributed by atoms with Crippen LogP contribution in [0, 0.1) is 25.7 Å². The highest BCUT2D eigenvalue weighted by molar-refractivity contribution is 8.02. The molecule has 3 amide bonds. The van der Waals surface area contributed by atoms with E-state index in [4.69, 9.17) is 0 Å². The Balaban J connectivity index is 1.55. The molecule has 3 fully saturated rings. The summed E-state index contributed by atoms with van der Waals surface area (Å²) >= 11 is 1.70. The summed E-state index contributed by atoms with van der Waals surface area (Å²) in [5, 5.41) is 9.23. The fourth-order valence-corrected chi connectivity index (χ4v) is 9.95. The molecule has 234 valence electrons. The van der Waals surface area contributed by atoms with Crippen LogP contribution in [0.2, 0.25) is 0 Å². The molecular formula is C36H45N3O4S. The number of rotatable bonds is 14. The zero-order chi connectivity index (χ0) is 31.4. The monoisotopic (exact) mass is 615 g/mol. The molecule has 2 aromatic rings. The Morgan fingerprint density at radius 2 is 1.61 bits per heavy atom. The lowest BCUT2D eigenvalue weighted by molar-refractivity contribution is -0.139. The molecule has 0 aromatic heterocycles. The first-order valence-electron chi connectivity index (χ1n) is 15.9. The van der Waals surface area contributed by atoms with Crippen LogP contribution >= 0.6 is 11.8 Å². The maximum atomic E-state index is 14.9. The van der Waals surface area contributed by atoms with Crippen molar-refractivity contribution < 1.29 is 19.5 Å². The lowest BCUT2D eigenvalue weighted by atomic mass is 9.70. The third kappa shape index (κ3) is 5.63. The minimum absolute atomic E-state index is 0.0254. The van der Waals surface area contributed by atoms with E-state index in [0.29, 0.717) is 19.6 Å². The highest BCUT2D eigenvalue weighted by atomic mass is 32.2. The first kappa shape index (κ1) is 32.0. The average Bonchev–Trinajstić information content (AvgIpc) is 3.66. The minimum Gasteiger partial charge on any atom is -0.396 e. The summed E-state index contributed by atoms with van der Waals surface area (Å²) in [6.45, 7) is 13.2. The lowest BCUT2D eigenvalue weighted by Crippen LogP contribution is -2.55. The summed E-state index contributed by atoms with van der Waals surface area (Å²) < 4.78 is -0.670. The number of amides is 3. The van der Waals surface area contributed by atoms with Gasteiger partial charge < -0.3 is 19.8 Å². The summed E-state index contributed by atoms with van der Waals surface area (Å²) in [4.78, 5) is 49.3. The van der Waals surface area contributed by atoms with Crippen molar-refractivity contribution in [3.63, 3.8) is 0 Å². The second kappa shape index (κ2) is 13.7. The van der Waals surface area contributed by atoms with Crippen LogP contribution in [-0.2, 0) is 14.4 Å². The van der Waals surface area contributed by atoms with E-state index >= 15 is 0 Å². The highest BCUT2D eigenvalue weighted by Gasteiger charge is 2.74. The SMILES string of the molecule is C=CCN(C(=O)[C@@H]1[C@H]2C(=O)N(CCCCCCO)C(C(=O)N(CC=C)c3c(C)cccc3C)C23CC[C@H]1S3)c1ccccc1. The zero-order valence-electron chi connectivity index (χ0n) is 26.0. The van der Waals surface area contributed by atoms with Crippen molar-refractivity contribution in [1.29, 1.82) is 0 Å². The summed E-state index contributed by atoms with van der Waals surface area (Å²) in [5.74, 6) is -1.32. The molecule has 0 aliphatic carbocycles. The molecule has 3 saturated heterocycles. The minimum atomic E-state index is -0.672. The summed E-state index contributed by atoms with van der Waals surface area (Å²) in [6.07, 6.45) is 8.16. The van der Waals surface area contributed by atoms with Crippen molar-refractivity contribution in [2.24, 2.45) is 11.8 Å². The van der Waals surface area contributed by atoms with Crippen molar-refractivity contribution in [2.45, 2.75) is 68.4 Å². The van der Waals surface area contributed by atoms with Gasteiger partial charge in [0.2, 0.25) is 11.8 Å². The van der Waals surface area contributed by atoms with E-state index in [1.54, 1.807) is 28.8 Å². The summed E-state index contributed by atoms with van der Waals surface area (Å²) in [7, 11) is 0.